The Morgan fingerprint density at radius 1 is 1.10 bits per heavy atom. The van der Waals surface area contributed by atoms with Gasteiger partial charge in [0.25, 0.3) is 0 Å². The SMILES string of the molecule is CC(C)c1ccccc1N=CC1Nc2ccccc2N1C. The fourth-order valence-electron chi connectivity index (χ4n) is 2.69. The number of nitrogens with zero attached hydrogens (tertiary/aromatic N) is 2. The zero-order valence-corrected chi connectivity index (χ0v) is 12.7. The number of hydrogen-bond acceptors (Lipinski definition) is 3. The minimum absolute atomic E-state index is 0.0996. The zero-order valence-electron chi connectivity index (χ0n) is 12.7. The van der Waals surface area contributed by atoms with Gasteiger partial charge < -0.3 is 10.2 Å². The van der Waals surface area contributed by atoms with Crippen LogP contribution in [0.25, 0.3) is 0 Å². The summed E-state index contributed by atoms with van der Waals surface area (Å²) in [6, 6.07) is 16.7. The average molecular weight is 279 g/mol. The van der Waals surface area contributed by atoms with E-state index in [1.807, 2.05) is 18.3 Å². The highest BCUT2D eigenvalue weighted by molar-refractivity contribution is 5.86. The van der Waals surface area contributed by atoms with E-state index >= 15 is 0 Å². The monoisotopic (exact) mass is 279 g/mol. The van der Waals surface area contributed by atoms with Gasteiger partial charge in [-0.1, -0.05) is 44.2 Å². The van der Waals surface area contributed by atoms with Crippen molar-refractivity contribution in [1.82, 2.24) is 0 Å². The molecule has 3 nitrogen and oxygen atoms in total. The first kappa shape index (κ1) is 13.7. The number of fused-ring (bicyclic) bond motifs is 1. The lowest BCUT2D eigenvalue weighted by Crippen LogP contribution is -2.33. The molecule has 0 amide bonds. The molecule has 3 heteroatoms. The van der Waals surface area contributed by atoms with Crippen LogP contribution in [0.15, 0.2) is 53.5 Å². The average Bonchev–Trinajstić information content (AvgIpc) is 2.82. The molecule has 0 saturated carbocycles. The first-order valence-corrected chi connectivity index (χ1v) is 7.38. The Morgan fingerprint density at radius 2 is 1.81 bits per heavy atom. The van der Waals surface area contributed by atoms with Gasteiger partial charge in [0.05, 0.1) is 17.1 Å². The van der Waals surface area contributed by atoms with E-state index in [4.69, 9.17) is 4.99 Å². The molecule has 0 radical (unpaired) electrons. The topological polar surface area (TPSA) is 27.6 Å². The van der Waals surface area contributed by atoms with Gasteiger partial charge in [-0.25, -0.2) is 0 Å². The van der Waals surface area contributed by atoms with Crippen molar-refractivity contribution < 1.29 is 0 Å². The van der Waals surface area contributed by atoms with Crippen LogP contribution in [0.3, 0.4) is 0 Å². The van der Waals surface area contributed by atoms with Crippen LogP contribution in [0.4, 0.5) is 17.1 Å². The van der Waals surface area contributed by atoms with Crippen LogP contribution in [0.2, 0.25) is 0 Å². The normalized spacial score (nSPS) is 17.3. The van der Waals surface area contributed by atoms with Gasteiger partial charge in [0.15, 0.2) is 0 Å². The summed E-state index contributed by atoms with van der Waals surface area (Å²) in [7, 11) is 2.09. The van der Waals surface area contributed by atoms with Crippen LogP contribution >= 0.6 is 0 Å². The van der Waals surface area contributed by atoms with Crippen molar-refractivity contribution in [3.05, 3.63) is 54.1 Å². The highest BCUT2D eigenvalue weighted by Crippen LogP contribution is 2.32. The molecule has 0 saturated heterocycles. The fraction of sp³-hybridized carbons (Fsp3) is 0.278. The Labute approximate surface area is 126 Å². The molecule has 2 aromatic carbocycles. The van der Waals surface area contributed by atoms with Gasteiger partial charge in [0.1, 0.15) is 6.17 Å². The molecule has 108 valence electrons. The Hall–Kier alpha value is -2.29. The molecule has 1 aliphatic heterocycles. The second-order valence-corrected chi connectivity index (χ2v) is 5.71. The molecule has 0 spiro atoms. The van der Waals surface area contributed by atoms with Crippen molar-refractivity contribution >= 4 is 23.3 Å². The molecular weight excluding hydrogens is 258 g/mol. The van der Waals surface area contributed by atoms with Crippen molar-refractivity contribution in [2.24, 2.45) is 4.99 Å². The van der Waals surface area contributed by atoms with E-state index in [1.54, 1.807) is 0 Å². The van der Waals surface area contributed by atoms with E-state index in [0.29, 0.717) is 5.92 Å². The minimum atomic E-state index is 0.0996. The maximum Gasteiger partial charge on any atom is 0.136 e. The van der Waals surface area contributed by atoms with Gasteiger partial charge in [-0.15, -0.1) is 0 Å². The molecule has 3 rings (SSSR count). The summed E-state index contributed by atoms with van der Waals surface area (Å²) < 4.78 is 0. The molecule has 1 unspecified atom stereocenters. The van der Waals surface area contributed by atoms with Crippen LogP contribution in [-0.4, -0.2) is 19.4 Å². The number of rotatable bonds is 3. The van der Waals surface area contributed by atoms with Crippen molar-refractivity contribution in [1.29, 1.82) is 0 Å². The second-order valence-electron chi connectivity index (χ2n) is 5.71. The lowest BCUT2D eigenvalue weighted by molar-refractivity contribution is 0.866. The molecule has 0 fully saturated rings. The summed E-state index contributed by atoms with van der Waals surface area (Å²) >= 11 is 0. The number of nitrogens with one attached hydrogen (secondary N) is 1. The number of hydrogen-bond donors (Lipinski definition) is 1. The number of benzene rings is 2. The molecule has 0 bridgehead atoms. The largest absolute Gasteiger partial charge is 0.359 e. The summed E-state index contributed by atoms with van der Waals surface area (Å²) in [6.07, 6.45) is 2.09. The van der Waals surface area contributed by atoms with E-state index < -0.39 is 0 Å². The van der Waals surface area contributed by atoms with Gasteiger partial charge in [0, 0.05) is 13.3 Å². The van der Waals surface area contributed by atoms with E-state index in [2.05, 4.69) is 67.5 Å². The van der Waals surface area contributed by atoms with E-state index in [1.165, 1.54) is 11.3 Å². The van der Waals surface area contributed by atoms with Crippen LogP contribution in [0.1, 0.15) is 25.3 Å². The molecule has 1 aliphatic rings. The van der Waals surface area contributed by atoms with E-state index in [-0.39, 0.29) is 6.17 Å². The summed E-state index contributed by atoms with van der Waals surface area (Å²) in [6.45, 7) is 4.40. The molecule has 1 N–H and O–H groups in total. The highest BCUT2D eigenvalue weighted by Gasteiger charge is 2.23. The summed E-state index contributed by atoms with van der Waals surface area (Å²) in [5.41, 5.74) is 4.71. The minimum Gasteiger partial charge on any atom is -0.359 e. The maximum atomic E-state index is 4.71. The van der Waals surface area contributed by atoms with E-state index in [9.17, 15) is 0 Å². The van der Waals surface area contributed by atoms with Crippen molar-refractivity contribution in [3.8, 4) is 0 Å². The predicted octanol–water partition coefficient (Wildman–Crippen LogP) is 4.40. The van der Waals surface area contributed by atoms with Gasteiger partial charge >= 0.3 is 0 Å². The molecule has 2 aromatic rings. The molecule has 21 heavy (non-hydrogen) atoms. The number of anilines is 2. The van der Waals surface area contributed by atoms with Gasteiger partial charge in [-0.05, 0) is 29.7 Å². The van der Waals surface area contributed by atoms with Crippen molar-refractivity contribution in [2.45, 2.75) is 25.9 Å². The van der Waals surface area contributed by atoms with Crippen molar-refractivity contribution in [3.63, 3.8) is 0 Å². The third kappa shape index (κ3) is 2.64. The Morgan fingerprint density at radius 3 is 2.57 bits per heavy atom. The Bertz CT molecular complexity index is 661. The molecular formula is C18H21N3. The first-order chi connectivity index (χ1) is 10.2. The maximum absolute atomic E-state index is 4.71. The predicted molar refractivity (Wildman–Crippen MR) is 90.9 cm³/mol. The van der Waals surface area contributed by atoms with Crippen LogP contribution in [-0.2, 0) is 0 Å². The Kier molecular flexibility index (Phi) is 3.65. The summed E-state index contributed by atoms with van der Waals surface area (Å²) in [4.78, 5) is 6.92. The smallest absolute Gasteiger partial charge is 0.136 e. The van der Waals surface area contributed by atoms with Gasteiger partial charge in [-0.3, -0.25) is 4.99 Å². The lowest BCUT2D eigenvalue weighted by atomic mass is 10.0. The third-order valence-electron chi connectivity index (χ3n) is 3.92. The number of aliphatic imine (C=N–C) groups is 1. The molecule has 1 heterocycles. The lowest BCUT2D eigenvalue weighted by Gasteiger charge is -2.18. The Balaban J connectivity index is 1.83. The van der Waals surface area contributed by atoms with Crippen LogP contribution in [0.5, 0.6) is 0 Å². The quantitative estimate of drug-likeness (QED) is 0.843. The first-order valence-electron chi connectivity index (χ1n) is 7.38. The van der Waals surface area contributed by atoms with E-state index in [0.717, 1.165) is 11.4 Å². The van der Waals surface area contributed by atoms with Crippen LogP contribution < -0.4 is 10.2 Å². The van der Waals surface area contributed by atoms with Crippen LogP contribution in [0, 0.1) is 0 Å². The van der Waals surface area contributed by atoms with Crippen molar-refractivity contribution in [2.75, 3.05) is 17.3 Å². The molecule has 0 aromatic heterocycles. The number of para-hydroxylation sites is 3. The molecule has 1 atom stereocenters. The van der Waals surface area contributed by atoms with Gasteiger partial charge in [-0.2, -0.15) is 0 Å². The zero-order chi connectivity index (χ0) is 14.8. The second kappa shape index (κ2) is 5.60. The van der Waals surface area contributed by atoms with Gasteiger partial charge in [0.2, 0.25) is 0 Å². The summed E-state index contributed by atoms with van der Waals surface area (Å²) in [5, 5.41) is 3.48. The fourth-order valence-corrected chi connectivity index (χ4v) is 2.69. The third-order valence-corrected chi connectivity index (χ3v) is 3.92. The summed E-state index contributed by atoms with van der Waals surface area (Å²) in [5.74, 6) is 0.477. The standard InChI is InChI=1S/C18H21N3/c1-13(2)14-8-4-5-9-15(14)19-12-18-20-16-10-6-7-11-17(16)21(18)3/h4-13,18,20H,1-3H3. The highest BCUT2D eigenvalue weighted by atomic mass is 15.3. The molecule has 0 aliphatic carbocycles.